The van der Waals surface area contributed by atoms with E-state index in [9.17, 15) is 0 Å². The molecule has 5 heteroatoms. The van der Waals surface area contributed by atoms with Crippen LogP contribution in [0.4, 0.5) is 0 Å². The number of hydrogen-bond acceptors (Lipinski definition) is 2. The second kappa shape index (κ2) is 14.3. The van der Waals surface area contributed by atoms with Gasteiger partial charge in [0, 0.05) is 10.8 Å². The number of aryl methyl sites for hydroxylation is 3. The molecular formula is C24H28ClN3O. The van der Waals surface area contributed by atoms with Gasteiger partial charge in [-0.15, -0.1) is 11.6 Å². The van der Waals surface area contributed by atoms with Gasteiger partial charge in [0.25, 0.3) is 0 Å². The summed E-state index contributed by atoms with van der Waals surface area (Å²) in [5.74, 6) is 0.611. The lowest BCUT2D eigenvalue weighted by atomic mass is 10.2. The van der Waals surface area contributed by atoms with Crippen LogP contribution in [0.5, 0.6) is 0 Å². The molecule has 0 fully saturated rings. The Morgan fingerprint density at radius 3 is 1.45 bits per heavy atom. The largest absolute Gasteiger partial charge is 0.392 e. The van der Waals surface area contributed by atoms with Crippen molar-refractivity contribution in [1.82, 2.24) is 0 Å². The maximum absolute atomic E-state index is 8.63. The molecule has 3 aromatic rings. The molecule has 0 aliphatic carbocycles. The quantitative estimate of drug-likeness (QED) is 0.214. The highest BCUT2D eigenvalue weighted by Gasteiger charge is 1.88. The van der Waals surface area contributed by atoms with Gasteiger partial charge in [0.2, 0.25) is 0 Å². The van der Waals surface area contributed by atoms with Crippen molar-refractivity contribution in [2.24, 2.45) is 5.11 Å². The number of alkyl halides is 1. The average molecular weight is 410 g/mol. The van der Waals surface area contributed by atoms with E-state index in [1.54, 1.807) is 0 Å². The first kappa shape index (κ1) is 24.3. The fraction of sp³-hybridized carbons (Fsp3) is 0.250. The molecule has 0 radical (unpaired) electrons. The first-order valence-electron chi connectivity index (χ1n) is 9.32. The third-order valence-corrected chi connectivity index (χ3v) is 4.32. The lowest BCUT2D eigenvalue weighted by Crippen LogP contribution is -1.80. The Balaban J connectivity index is 0.000000219. The summed E-state index contributed by atoms with van der Waals surface area (Å²) in [6, 6.07) is 24.0. The zero-order valence-corrected chi connectivity index (χ0v) is 18.0. The number of azide groups is 1. The van der Waals surface area contributed by atoms with Crippen molar-refractivity contribution in [3.63, 3.8) is 0 Å². The van der Waals surface area contributed by atoms with Crippen molar-refractivity contribution < 1.29 is 5.11 Å². The third kappa shape index (κ3) is 11.0. The topological polar surface area (TPSA) is 69.0 Å². The second-order valence-corrected chi connectivity index (χ2v) is 6.90. The minimum atomic E-state index is 0.139. The molecule has 152 valence electrons. The fourth-order valence-corrected chi connectivity index (χ4v) is 2.36. The van der Waals surface area contributed by atoms with Crippen LogP contribution in [0.15, 0.2) is 77.9 Å². The van der Waals surface area contributed by atoms with Gasteiger partial charge in [0.1, 0.15) is 0 Å². The maximum atomic E-state index is 8.63. The van der Waals surface area contributed by atoms with Gasteiger partial charge >= 0.3 is 0 Å². The molecule has 0 amide bonds. The first-order valence-corrected chi connectivity index (χ1v) is 9.86. The Kier molecular flexibility index (Phi) is 11.9. The molecule has 29 heavy (non-hydrogen) atoms. The molecule has 0 aliphatic rings. The van der Waals surface area contributed by atoms with Crippen LogP contribution in [-0.2, 0) is 19.0 Å². The SMILES string of the molecule is Cc1ccc(CCl)cc1.Cc1ccc(CN=[N+]=[N-])cc1.Cc1ccc(CO)cc1. The number of halogens is 1. The standard InChI is InChI=1S/C8H9Cl.C8H9N3.C8H10O/c1-7-2-4-8(6-9)5-3-7;1-7-2-4-8(5-3-7)6-10-11-9;1-7-2-4-8(6-9)5-3-7/h2-5H,6H2,1H3;2-5H,6H2,1H3;2-5,9H,6H2,1H3. The van der Waals surface area contributed by atoms with Gasteiger partial charge in [-0.1, -0.05) is 94.6 Å². The monoisotopic (exact) mass is 409 g/mol. The lowest BCUT2D eigenvalue weighted by molar-refractivity contribution is 0.282. The summed E-state index contributed by atoms with van der Waals surface area (Å²) in [6.07, 6.45) is 0. The number of nitrogens with zero attached hydrogens (tertiary/aromatic N) is 3. The van der Waals surface area contributed by atoms with Gasteiger partial charge in [0.05, 0.1) is 13.2 Å². The van der Waals surface area contributed by atoms with Crippen LogP contribution in [0.25, 0.3) is 10.4 Å². The summed E-state index contributed by atoms with van der Waals surface area (Å²) in [5.41, 5.74) is 15.0. The van der Waals surface area contributed by atoms with Crippen LogP contribution in [0, 0.1) is 20.8 Å². The van der Waals surface area contributed by atoms with E-state index in [-0.39, 0.29) is 6.61 Å². The smallest absolute Gasteiger partial charge is 0.0681 e. The van der Waals surface area contributed by atoms with Gasteiger partial charge in [-0.05, 0) is 43.0 Å². The first-order chi connectivity index (χ1) is 14.0. The van der Waals surface area contributed by atoms with E-state index < -0.39 is 0 Å². The summed E-state index contributed by atoms with van der Waals surface area (Å²) in [6.45, 7) is 6.70. The molecule has 0 heterocycles. The lowest BCUT2D eigenvalue weighted by Gasteiger charge is -1.94. The molecule has 0 spiro atoms. The molecule has 4 nitrogen and oxygen atoms in total. The molecular weight excluding hydrogens is 382 g/mol. The Hall–Kier alpha value is -2.78. The van der Waals surface area contributed by atoms with E-state index in [0.29, 0.717) is 12.4 Å². The molecule has 0 bridgehead atoms. The molecule has 0 atom stereocenters. The molecule has 3 aromatic carbocycles. The van der Waals surface area contributed by atoms with Gasteiger partial charge in [0.15, 0.2) is 0 Å². The fourth-order valence-electron chi connectivity index (χ4n) is 2.18. The normalized spacial score (nSPS) is 9.28. The minimum Gasteiger partial charge on any atom is -0.392 e. The van der Waals surface area contributed by atoms with Crippen molar-refractivity contribution in [2.75, 3.05) is 0 Å². The zero-order chi connectivity index (χ0) is 21.5. The summed E-state index contributed by atoms with van der Waals surface area (Å²) in [7, 11) is 0. The molecule has 1 N–H and O–H groups in total. The van der Waals surface area contributed by atoms with Crippen LogP contribution in [0.3, 0.4) is 0 Å². The number of hydrogen-bond donors (Lipinski definition) is 1. The highest BCUT2D eigenvalue weighted by molar-refractivity contribution is 6.17. The van der Waals surface area contributed by atoms with Crippen LogP contribution in [0.1, 0.15) is 33.4 Å². The van der Waals surface area contributed by atoms with E-state index in [2.05, 4.69) is 29.1 Å². The number of aliphatic hydroxyl groups excluding tert-OH is 1. The molecule has 0 aromatic heterocycles. The van der Waals surface area contributed by atoms with Crippen molar-refractivity contribution in [1.29, 1.82) is 0 Å². The van der Waals surface area contributed by atoms with E-state index in [0.717, 1.165) is 11.1 Å². The zero-order valence-electron chi connectivity index (χ0n) is 17.2. The van der Waals surface area contributed by atoms with Crippen LogP contribution >= 0.6 is 11.6 Å². The van der Waals surface area contributed by atoms with Crippen molar-refractivity contribution in [3.8, 4) is 0 Å². The van der Waals surface area contributed by atoms with Crippen LogP contribution in [-0.4, -0.2) is 5.11 Å². The number of aliphatic hydroxyl groups is 1. The van der Waals surface area contributed by atoms with Crippen molar-refractivity contribution in [2.45, 2.75) is 39.8 Å². The molecule has 3 rings (SSSR count). The van der Waals surface area contributed by atoms with E-state index in [1.807, 2.05) is 74.5 Å². The average Bonchev–Trinajstić information content (AvgIpc) is 2.75. The third-order valence-electron chi connectivity index (χ3n) is 4.02. The van der Waals surface area contributed by atoms with Crippen molar-refractivity contribution >= 4 is 11.6 Å². The Bertz CT molecular complexity index is 824. The predicted octanol–water partition coefficient (Wildman–Crippen LogP) is 7.03. The Morgan fingerprint density at radius 1 is 0.724 bits per heavy atom. The molecule has 0 aliphatic heterocycles. The predicted molar refractivity (Wildman–Crippen MR) is 122 cm³/mol. The molecule has 0 saturated carbocycles. The van der Waals surface area contributed by atoms with E-state index in [1.165, 1.54) is 22.3 Å². The Labute approximate surface area is 178 Å². The highest BCUT2D eigenvalue weighted by atomic mass is 35.5. The van der Waals surface area contributed by atoms with Crippen molar-refractivity contribution in [3.05, 3.63) is 117 Å². The number of benzene rings is 3. The van der Waals surface area contributed by atoms with Gasteiger partial charge in [-0.2, -0.15) is 0 Å². The summed E-state index contributed by atoms with van der Waals surface area (Å²) in [4.78, 5) is 2.68. The molecule has 0 saturated heterocycles. The van der Waals surface area contributed by atoms with Gasteiger partial charge in [-0.25, -0.2) is 0 Å². The number of rotatable bonds is 4. The van der Waals surface area contributed by atoms with Crippen LogP contribution < -0.4 is 0 Å². The maximum Gasteiger partial charge on any atom is 0.0681 e. The Morgan fingerprint density at radius 2 is 1.10 bits per heavy atom. The second-order valence-electron chi connectivity index (χ2n) is 6.64. The summed E-state index contributed by atoms with van der Waals surface area (Å²) < 4.78 is 0. The van der Waals surface area contributed by atoms with E-state index in [4.69, 9.17) is 22.2 Å². The summed E-state index contributed by atoms with van der Waals surface area (Å²) >= 11 is 5.58. The minimum absolute atomic E-state index is 0.139. The highest BCUT2D eigenvalue weighted by Crippen LogP contribution is 2.05. The van der Waals surface area contributed by atoms with E-state index >= 15 is 0 Å². The summed E-state index contributed by atoms with van der Waals surface area (Å²) in [5, 5.41) is 12.1. The van der Waals surface area contributed by atoms with Gasteiger partial charge < -0.3 is 5.11 Å². The van der Waals surface area contributed by atoms with Gasteiger partial charge in [-0.3, -0.25) is 0 Å². The molecule has 0 unspecified atom stereocenters. The van der Waals surface area contributed by atoms with Crippen LogP contribution in [0.2, 0.25) is 0 Å².